The van der Waals surface area contributed by atoms with Gasteiger partial charge in [0.05, 0.1) is 5.69 Å². The maximum atomic E-state index is 12.1. The van der Waals surface area contributed by atoms with Crippen LogP contribution < -0.4 is 5.32 Å². The molecule has 0 aliphatic carbocycles. The minimum Gasteiger partial charge on any atom is -0.312 e. The lowest BCUT2D eigenvalue weighted by Crippen LogP contribution is -2.10. The Bertz CT molecular complexity index is 748. The fraction of sp³-hybridized carbons (Fsp3) is 0.0588. The number of aryl methyl sites for hydroxylation is 1. The van der Waals surface area contributed by atoms with E-state index in [1.54, 1.807) is 0 Å². The van der Waals surface area contributed by atoms with Crippen LogP contribution in [0.15, 0.2) is 60.7 Å². The van der Waals surface area contributed by atoms with Crippen molar-refractivity contribution in [2.24, 2.45) is 0 Å². The number of hydrogen-bond acceptors (Lipinski definition) is 3. The maximum Gasteiger partial charge on any atom is 0.256 e. The van der Waals surface area contributed by atoms with Crippen LogP contribution in [0.1, 0.15) is 16.1 Å². The standard InChI is InChI=1S/C17H14N2OS/c1-12-11-16(21-19-12)18-17(20)15-9-7-14(8-10-15)13-5-3-2-4-6-13/h2-11H,1H3,(H,18,20). The second-order valence-electron chi connectivity index (χ2n) is 4.73. The van der Waals surface area contributed by atoms with E-state index >= 15 is 0 Å². The summed E-state index contributed by atoms with van der Waals surface area (Å²) < 4.78 is 4.14. The van der Waals surface area contributed by atoms with Crippen LogP contribution in [0, 0.1) is 6.92 Å². The number of aromatic nitrogens is 1. The molecular weight excluding hydrogens is 280 g/mol. The predicted octanol–water partition coefficient (Wildman–Crippen LogP) is 4.37. The van der Waals surface area contributed by atoms with E-state index in [2.05, 4.69) is 21.8 Å². The molecule has 1 aromatic heterocycles. The number of nitrogens with one attached hydrogen (secondary N) is 1. The zero-order chi connectivity index (χ0) is 14.7. The third-order valence-corrected chi connectivity index (χ3v) is 3.91. The Hall–Kier alpha value is -2.46. The smallest absolute Gasteiger partial charge is 0.256 e. The third-order valence-electron chi connectivity index (χ3n) is 3.12. The van der Waals surface area contributed by atoms with Crippen LogP contribution >= 0.6 is 11.5 Å². The molecule has 0 atom stereocenters. The number of rotatable bonds is 3. The molecule has 3 rings (SSSR count). The van der Waals surface area contributed by atoms with Gasteiger partial charge in [-0.2, -0.15) is 4.37 Å². The fourth-order valence-electron chi connectivity index (χ4n) is 2.05. The molecule has 1 N–H and O–H groups in total. The SMILES string of the molecule is Cc1cc(NC(=O)c2ccc(-c3ccccc3)cc2)sn1. The molecule has 2 aromatic carbocycles. The zero-order valence-electron chi connectivity index (χ0n) is 11.5. The monoisotopic (exact) mass is 294 g/mol. The van der Waals surface area contributed by atoms with Crippen molar-refractivity contribution in [3.63, 3.8) is 0 Å². The van der Waals surface area contributed by atoms with Gasteiger partial charge in [0, 0.05) is 5.56 Å². The molecule has 1 amide bonds. The Kier molecular flexibility index (Phi) is 3.79. The molecule has 0 spiro atoms. The minimum atomic E-state index is -0.113. The van der Waals surface area contributed by atoms with Gasteiger partial charge in [-0.05, 0) is 47.8 Å². The van der Waals surface area contributed by atoms with Crippen LogP contribution in [-0.2, 0) is 0 Å². The second-order valence-corrected chi connectivity index (χ2v) is 5.54. The summed E-state index contributed by atoms with van der Waals surface area (Å²) in [6, 6.07) is 19.6. The topological polar surface area (TPSA) is 42.0 Å². The van der Waals surface area contributed by atoms with Crippen molar-refractivity contribution in [1.29, 1.82) is 0 Å². The number of carbonyl (C=O) groups is 1. The zero-order valence-corrected chi connectivity index (χ0v) is 12.4. The van der Waals surface area contributed by atoms with Gasteiger partial charge in [0.1, 0.15) is 5.00 Å². The highest BCUT2D eigenvalue weighted by molar-refractivity contribution is 7.10. The van der Waals surface area contributed by atoms with Crippen LogP contribution in [0.5, 0.6) is 0 Å². The molecule has 0 saturated carbocycles. The van der Waals surface area contributed by atoms with E-state index in [-0.39, 0.29) is 5.91 Å². The van der Waals surface area contributed by atoms with E-state index in [0.29, 0.717) is 5.56 Å². The van der Waals surface area contributed by atoms with Crippen molar-refractivity contribution >= 4 is 22.4 Å². The first-order valence-electron chi connectivity index (χ1n) is 6.62. The molecule has 0 saturated heterocycles. The second kappa shape index (κ2) is 5.89. The van der Waals surface area contributed by atoms with Crippen molar-refractivity contribution in [2.75, 3.05) is 5.32 Å². The summed E-state index contributed by atoms with van der Waals surface area (Å²) in [5.41, 5.74) is 3.79. The van der Waals surface area contributed by atoms with Crippen molar-refractivity contribution < 1.29 is 4.79 Å². The Morgan fingerprint density at radius 3 is 2.29 bits per heavy atom. The predicted molar refractivity (Wildman–Crippen MR) is 86.7 cm³/mol. The van der Waals surface area contributed by atoms with Gasteiger partial charge in [0.15, 0.2) is 0 Å². The highest BCUT2D eigenvalue weighted by Crippen LogP contribution is 2.20. The molecule has 0 radical (unpaired) electrons. The molecule has 0 fully saturated rings. The number of hydrogen-bond donors (Lipinski definition) is 1. The van der Waals surface area contributed by atoms with Gasteiger partial charge in [-0.1, -0.05) is 42.5 Å². The lowest BCUT2D eigenvalue weighted by molar-refractivity contribution is 0.102. The van der Waals surface area contributed by atoms with Crippen LogP contribution in [0.2, 0.25) is 0 Å². The summed E-state index contributed by atoms with van der Waals surface area (Å²) in [4.78, 5) is 12.1. The Labute approximate surface area is 127 Å². The molecule has 0 aliphatic rings. The maximum absolute atomic E-state index is 12.1. The van der Waals surface area contributed by atoms with E-state index in [1.807, 2.05) is 55.5 Å². The number of benzene rings is 2. The summed E-state index contributed by atoms with van der Waals surface area (Å²) in [7, 11) is 0. The molecule has 0 bridgehead atoms. The minimum absolute atomic E-state index is 0.113. The van der Waals surface area contributed by atoms with Gasteiger partial charge in [-0.15, -0.1) is 0 Å². The van der Waals surface area contributed by atoms with E-state index < -0.39 is 0 Å². The highest BCUT2D eigenvalue weighted by Gasteiger charge is 2.08. The number of nitrogens with zero attached hydrogens (tertiary/aromatic N) is 1. The molecule has 0 unspecified atom stereocenters. The van der Waals surface area contributed by atoms with Gasteiger partial charge in [0.25, 0.3) is 5.91 Å². The van der Waals surface area contributed by atoms with Crippen LogP contribution in [0.3, 0.4) is 0 Å². The highest BCUT2D eigenvalue weighted by atomic mass is 32.1. The summed E-state index contributed by atoms with van der Waals surface area (Å²) in [5, 5.41) is 3.62. The van der Waals surface area contributed by atoms with Gasteiger partial charge in [0.2, 0.25) is 0 Å². The van der Waals surface area contributed by atoms with Gasteiger partial charge in [-0.25, -0.2) is 0 Å². The van der Waals surface area contributed by atoms with Gasteiger partial charge < -0.3 is 5.32 Å². The first-order chi connectivity index (χ1) is 10.2. The largest absolute Gasteiger partial charge is 0.312 e. The summed E-state index contributed by atoms with van der Waals surface area (Å²) in [6.07, 6.45) is 0. The lowest BCUT2D eigenvalue weighted by atomic mass is 10.0. The number of anilines is 1. The summed E-state index contributed by atoms with van der Waals surface area (Å²) >= 11 is 1.29. The summed E-state index contributed by atoms with van der Waals surface area (Å²) in [5.74, 6) is -0.113. The third kappa shape index (κ3) is 3.17. The first kappa shape index (κ1) is 13.5. The van der Waals surface area contributed by atoms with Crippen LogP contribution in [0.4, 0.5) is 5.00 Å². The Morgan fingerprint density at radius 2 is 1.67 bits per heavy atom. The molecule has 3 nitrogen and oxygen atoms in total. The molecule has 4 heteroatoms. The number of carbonyl (C=O) groups excluding carboxylic acids is 1. The molecule has 21 heavy (non-hydrogen) atoms. The molecule has 0 aliphatic heterocycles. The fourth-order valence-corrected chi connectivity index (χ4v) is 2.71. The Morgan fingerprint density at radius 1 is 1.00 bits per heavy atom. The van der Waals surface area contributed by atoms with Crippen LogP contribution in [-0.4, -0.2) is 10.3 Å². The lowest BCUT2D eigenvalue weighted by Gasteiger charge is -2.04. The van der Waals surface area contributed by atoms with Crippen molar-refractivity contribution in [3.05, 3.63) is 71.9 Å². The van der Waals surface area contributed by atoms with Crippen molar-refractivity contribution in [1.82, 2.24) is 4.37 Å². The van der Waals surface area contributed by atoms with Crippen LogP contribution in [0.25, 0.3) is 11.1 Å². The van der Waals surface area contributed by atoms with Crippen molar-refractivity contribution in [3.8, 4) is 11.1 Å². The average molecular weight is 294 g/mol. The quantitative estimate of drug-likeness (QED) is 0.779. The van der Waals surface area contributed by atoms with Gasteiger partial charge in [-0.3, -0.25) is 4.79 Å². The van der Waals surface area contributed by atoms with Crippen molar-refractivity contribution in [2.45, 2.75) is 6.92 Å². The van der Waals surface area contributed by atoms with E-state index in [0.717, 1.165) is 21.8 Å². The average Bonchev–Trinajstić information content (AvgIpc) is 2.93. The van der Waals surface area contributed by atoms with Gasteiger partial charge >= 0.3 is 0 Å². The Balaban J connectivity index is 1.76. The molecular formula is C17H14N2OS. The summed E-state index contributed by atoms with van der Waals surface area (Å²) in [6.45, 7) is 1.90. The molecule has 1 heterocycles. The molecule has 3 aromatic rings. The van der Waals surface area contributed by atoms with E-state index in [1.165, 1.54) is 11.5 Å². The van der Waals surface area contributed by atoms with E-state index in [9.17, 15) is 4.79 Å². The normalized spacial score (nSPS) is 10.3. The number of amides is 1. The first-order valence-corrected chi connectivity index (χ1v) is 7.40. The van der Waals surface area contributed by atoms with E-state index in [4.69, 9.17) is 0 Å². The molecule has 104 valence electrons.